The molecule has 2 aromatic carbocycles. The quantitative estimate of drug-likeness (QED) is 0.474. The molecule has 3 N–H and O–H groups in total. The lowest BCUT2D eigenvalue weighted by atomic mass is 10.1. The Bertz CT molecular complexity index is 1260. The van der Waals surface area contributed by atoms with Crippen LogP contribution in [0.25, 0.3) is 27.8 Å². The molecule has 3 aromatic heterocycles. The number of nitrogen functional groups attached to an aromatic ring is 1. The van der Waals surface area contributed by atoms with Gasteiger partial charge in [-0.1, -0.05) is 36.4 Å². The molecule has 0 radical (unpaired) electrons. The van der Waals surface area contributed by atoms with Gasteiger partial charge >= 0.3 is 0 Å². The predicted octanol–water partition coefficient (Wildman–Crippen LogP) is 4.27. The molecule has 0 fully saturated rings. The first-order valence-electron chi connectivity index (χ1n) is 8.61. The Labute approximate surface area is 155 Å². The molecular formula is C21H16N6. The van der Waals surface area contributed by atoms with E-state index in [-0.39, 0.29) is 0 Å². The van der Waals surface area contributed by atoms with Crippen molar-refractivity contribution in [3.63, 3.8) is 0 Å². The molecule has 6 heteroatoms. The zero-order chi connectivity index (χ0) is 18.2. The van der Waals surface area contributed by atoms with Gasteiger partial charge in [-0.2, -0.15) is 4.98 Å². The van der Waals surface area contributed by atoms with Crippen LogP contribution in [0.15, 0.2) is 78.9 Å². The van der Waals surface area contributed by atoms with Gasteiger partial charge in [-0.3, -0.25) is 0 Å². The average molecular weight is 352 g/mol. The standard InChI is InChI=1S/C21H16N6/c22-16-10-11-17-15(13-16)9-12-19(23-17)24-21-25-20-8-4-7-18(27(20)26-21)14-5-2-1-3-6-14/h1-13H,22H2,(H,23,24,26). The number of aromatic nitrogens is 4. The Kier molecular flexibility index (Phi) is 3.47. The molecule has 5 rings (SSSR count). The smallest absolute Gasteiger partial charge is 0.248 e. The Morgan fingerprint density at radius 1 is 0.815 bits per heavy atom. The summed E-state index contributed by atoms with van der Waals surface area (Å²) in [5, 5.41) is 8.80. The van der Waals surface area contributed by atoms with Crippen LogP contribution in [0.3, 0.4) is 0 Å². The lowest BCUT2D eigenvalue weighted by molar-refractivity contribution is 0.972. The largest absolute Gasteiger partial charge is 0.399 e. The van der Waals surface area contributed by atoms with Gasteiger partial charge in [0.2, 0.25) is 5.95 Å². The molecule has 0 bridgehead atoms. The number of fused-ring (bicyclic) bond motifs is 2. The molecule has 6 nitrogen and oxygen atoms in total. The Morgan fingerprint density at radius 3 is 2.59 bits per heavy atom. The second-order valence-corrected chi connectivity index (χ2v) is 6.26. The van der Waals surface area contributed by atoms with E-state index in [9.17, 15) is 0 Å². The van der Waals surface area contributed by atoms with Crippen LogP contribution in [-0.2, 0) is 0 Å². The zero-order valence-corrected chi connectivity index (χ0v) is 14.4. The van der Waals surface area contributed by atoms with Crippen LogP contribution < -0.4 is 11.1 Å². The highest BCUT2D eigenvalue weighted by molar-refractivity contribution is 5.83. The van der Waals surface area contributed by atoms with Crippen molar-refractivity contribution >= 4 is 34.0 Å². The molecule has 0 aliphatic heterocycles. The summed E-state index contributed by atoms with van der Waals surface area (Å²) in [4.78, 5) is 9.18. The van der Waals surface area contributed by atoms with Crippen molar-refractivity contribution < 1.29 is 0 Å². The van der Waals surface area contributed by atoms with Crippen LogP contribution in [0, 0.1) is 0 Å². The zero-order valence-electron chi connectivity index (χ0n) is 14.4. The van der Waals surface area contributed by atoms with Crippen molar-refractivity contribution in [2.75, 3.05) is 11.1 Å². The van der Waals surface area contributed by atoms with Crippen LogP contribution >= 0.6 is 0 Å². The maximum absolute atomic E-state index is 5.82. The van der Waals surface area contributed by atoms with Gasteiger partial charge in [-0.15, -0.1) is 5.10 Å². The molecule has 0 aliphatic rings. The summed E-state index contributed by atoms with van der Waals surface area (Å²) in [5.74, 6) is 1.19. The third kappa shape index (κ3) is 2.83. The number of anilines is 3. The first-order chi connectivity index (χ1) is 13.3. The van der Waals surface area contributed by atoms with E-state index >= 15 is 0 Å². The van der Waals surface area contributed by atoms with E-state index in [0.717, 1.165) is 33.5 Å². The molecule has 0 saturated heterocycles. The van der Waals surface area contributed by atoms with Crippen molar-refractivity contribution in [1.29, 1.82) is 0 Å². The summed E-state index contributed by atoms with van der Waals surface area (Å²) >= 11 is 0. The van der Waals surface area contributed by atoms with Gasteiger partial charge in [-0.25, -0.2) is 9.50 Å². The molecular weight excluding hydrogens is 336 g/mol. The van der Waals surface area contributed by atoms with Crippen molar-refractivity contribution in [2.24, 2.45) is 0 Å². The highest BCUT2D eigenvalue weighted by Gasteiger charge is 2.09. The van der Waals surface area contributed by atoms with Crippen LogP contribution in [-0.4, -0.2) is 19.6 Å². The number of rotatable bonds is 3. The summed E-state index contributed by atoms with van der Waals surface area (Å²) in [5.41, 5.74) is 10.2. The van der Waals surface area contributed by atoms with Crippen molar-refractivity contribution in [3.05, 3.63) is 78.9 Å². The molecule has 0 spiro atoms. The van der Waals surface area contributed by atoms with Crippen molar-refractivity contribution in [1.82, 2.24) is 19.6 Å². The minimum absolute atomic E-state index is 0.501. The van der Waals surface area contributed by atoms with E-state index in [0.29, 0.717) is 11.8 Å². The highest BCUT2D eigenvalue weighted by Crippen LogP contribution is 2.22. The Hall–Kier alpha value is -3.93. The third-order valence-corrected chi connectivity index (χ3v) is 4.38. The number of hydrogen-bond donors (Lipinski definition) is 2. The van der Waals surface area contributed by atoms with Gasteiger partial charge in [0.1, 0.15) is 5.82 Å². The molecule has 0 unspecified atom stereocenters. The monoisotopic (exact) mass is 352 g/mol. The normalized spacial score (nSPS) is 11.1. The minimum atomic E-state index is 0.501. The van der Waals surface area contributed by atoms with Gasteiger partial charge in [0.05, 0.1) is 11.2 Å². The Balaban J connectivity index is 1.53. The van der Waals surface area contributed by atoms with Crippen LogP contribution in [0.4, 0.5) is 17.5 Å². The lowest BCUT2D eigenvalue weighted by Gasteiger charge is -2.04. The number of hydrogen-bond acceptors (Lipinski definition) is 5. The fourth-order valence-corrected chi connectivity index (χ4v) is 3.11. The second kappa shape index (κ2) is 6.10. The molecule has 0 aliphatic carbocycles. The SMILES string of the molecule is Nc1ccc2nc(Nc3nc4cccc(-c5ccccc5)n4n3)ccc2c1. The van der Waals surface area contributed by atoms with E-state index in [1.54, 1.807) is 0 Å². The van der Waals surface area contributed by atoms with Gasteiger partial charge < -0.3 is 11.1 Å². The molecule has 5 aromatic rings. The van der Waals surface area contributed by atoms with Crippen LogP contribution in [0.2, 0.25) is 0 Å². The fourth-order valence-electron chi connectivity index (χ4n) is 3.11. The van der Waals surface area contributed by atoms with E-state index in [1.807, 2.05) is 71.2 Å². The van der Waals surface area contributed by atoms with E-state index in [2.05, 4.69) is 32.5 Å². The minimum Gasteiger partial charge on any atom is -0.399 e. The van der Waals surface area contributed by atoms with Crippen LogP contribution in [0.1, 0.15) is 0 Å². The summed E-state index contributed by atoms with van der Waals surface area (Å²) in [6.07, 6.45) is 0. The van der Waals surface area contributed by atoms with Crippen molar-refractivity contribution in [2.45, 2.75) is 0 Å². The first-order valence-corrected chi connectivity index (χ1v) is 8.61. The molecule has 0 amide bonds. The molecule has 3 heterocycles. The van der Waals surface area contributed by atoms with E-state index in [1.165, 1.54) is 0 Å². The highest BCUT2D eigenvalue weighted by atomic mass is 15.4. The molecule has 0 saturated carbocycles. The third-order valence-electron chi connectivity index (χ3n) is 4.38. The second-order valence-electron chi connectivity index (χ2n) is 6.26. The Morgan fingerprint density at radius 2 is 1.70 bits per heavy atom. The summed E-state index contributed by atoms with van der Waals surface area (Å²) in [6, 6.07) is 25.6. The van der Waals surface area contributed by atoms with Gasteiger partial charge in [0.15, 0.2) is 5.65 Å². The lowest BCUT2D eigenvalue weighted by Crippen LogP contribution is -1.97. The van der Waals surface area contributed by atoms with Crippen molar-refractivity contribution in [3.8, 4) is 11.3 Å². The number of benzene rings is 2. The predicted molar refractivity (Wildman–Crippen MR) is 108 cm³/mol. The number of nitrogens with zero attached hydrogens (tertiary/aromatic N) is 4. The molecule has 0 atom stereocenters. The number of pyridine rings is 2. The first kappa shape index (κ1) is 15.3. The molecule has 130 valence electrons. The average Bonchev–Trinajstić information content (AvgIpc) is 3.11. The van der Waals surface area contributed by atoms with E-state index < -0.39 is 0 Å². The maximum atomic E-state index is 5.82. The topological polar surface area (TPSA) is 81.1 Å². The number of nitrogens with one attached hydrogen (secondary N) is 1. The van der Waals surface area contributed by atoms with Crippen LogP contribution in [0.5, 0.6) is 0 Å². The van der Waals surface area contributed by atoms with Gasteiger partial charge in [-0.05, 0) is 42.5 Å². The fraction of sp³-hybridized carbons (Fsp3) is 0. The summed E-state index contributed by atoms with van der Waals surface area (Å²) in [6.45, 7) is 0. The summed E-state index contributed by atoms with van der Waals surface area (Å²) in [7, 11) is 0. The maximum Gasteiger partial charge on any atom is 0.248 e. The number of nitrogens with two attached hydrogens (primary N) is 1. The van der Waals surface area contributed by atoms with E-state index in [4.69, 9.17) is 5.73 Å². The summed E-state index contributed by atoms with van der Waals surface area (Å²) < 4.78 is 1.83. The molecule has 27 heavy (non-hydrogen) atoms. The van der Waals surface area contributed by atoms with Gasteiger partial charge in [0.25, 0.3) is 0 Å². The van der Waals surface area contributed by atoms with Gasteiger partial charge in [0, 0.05) is 16.6 Å².